The number of hydrogen-bond donors (Lipinski definition) is 3. The highest BCUT2D eigenvalue weighted by Crippen LogP contribution is 2.34. The average Bonchev–Trinajstić information content (AvgIpc) is 2.73. The Morgan fingerprint density at radius 1 is 1.25 bits per heavy atom. The van der Waals surface area contributed by atoms with Crippen LogP contribution >= 0.6 is 12.4 Å². The monoisotopic (exact) mass is 469 g/mol. The number of rotatable bonds is 8. The Bertz CT molecular complexity index is 781. The lowest BCUT2D eigenvalue weighted by molar-refractivity contribution is -0.116. The molecule has 2 aliphatic heterocycles. The van der Waals surface area contributed by atoms with Gasteiger partial charge in [0.05, 0.1) is 12.3 Å². The molecule has 0 aliphatic carbocycles. The molecular formula is C23H36ClN3O5. The van der Waals surface area contributed by atoms with Crippen molar-refractivity contribution in [3.05, 3.63) is 23.3 Å². The summed E-state index contributed by atoms with van der Waals surface area (Å²) in [5, 5.41) is 16.3. The third-order valence-electron chi connectivity index (χ3n) is 5.70. The Balaban J connectivity index is 0.00000363. The number of aliphatic hydroxyl groups is 1. The van der Waals surface area contributed by atoms with Crippen molar-refractivity contribution >= 4 is 30.1 Å². The summed E-state index contributed by atoms with van der Waals surface area (Å²) >= 11 is 0. The molecule has 8 nitrogen and oxygen atoms in total. The van der Waals surface area contributed by atoms with Crippen LogP contribution in [-0.4, -0.2) is 67.0 Å². The molecule has 0 bridgehead atoms. The van der Waals surface area contributed by atoms with E-state index in [4.69, 9.17) is 9.47 Å². The van der Waals surface area contributed by atoms with E-state index in [0.29, 0.717) is 31.9 Å². The number of hydrogen-bond acceptors (Lipinski definition) is 6. The van der Waals surface area contributed by atoms with Crippen molar-refractivity contribution in [1.29, 1.82) is 0 Å². The van der Waals surface area contributed by atoms with Gasteiger partial charge in [0.2, 0.25) is 5.91 Å². The van der Waals surface area contributed by atoms with Gasteiger partial charge in [-0.3, -0.25) is 4.79 Å². The molecular weight excluding hydrogens is 434 g/mol. The van der Waals surface area contributed by atoms with Crippen molar-refractivity contribution in [2.45, 2.75) is 58.6 Å². The van der Waals surface area contributed by atoms with Gasteiger partial charge < -0.3 is 30.1 Å². The van der Waals surface area contributed by atoms with Crippen molar-refractivity contribution in [2.24, 2.45) is 5.92 Å². The quantitative estimate of drug-likeness (QED) is 0.541. The summed E-state index contributed by atoms with van der Waals surface area (Å²) in [4.78, 5) is 25.7. The number of ether oxygens (including phenoxy) is 2. The van der Waals surface area contributed by atoms with Crippen LogP contribution < -0.4 is 15.4 Å². The first-order valence-corrected chi connectivity index (χ1v) is 11.2. The van der Waals surface area contributed by atoms with Crippen molar-refractivity contribution < 1.29 is 24.2 Å². The van der Waals surface area contributed by atoms with Gasteiger partial charge in [0, 0.05) is 37.7 Å². The zero-order chi connectivity index (χ0) is 22.4. The minimum absolute atomic E-state index is 0. The molecule has 32 heavy (non-hydrogen) atoms. The number of aliphatic hydroxyl groups excluding tert-OH is 1. The van der Waals surface area contributed by atoms with E-state index < -0.39 is 6.10 Å². The number of anilines is 1. The maximum absolute atomic E-state index is 11.8. The molecule has 2 aliphatic rings. The Labute approximate surface area is 196 Å². The number of halogens is 1. The fraction of sp³-hybridized carbons (Fsp3) is 0.652. The van der Waals surface area contributed by atoms with Crippen LogP contribution in [0.15, 0.2) is 12.1 Å². The lowest BCUT2D eigenvalue weighted by Crippen LogP contribution is -2.47. The smallest absolute Gasteiger partial charge is 0.407 e. The lowest BCUT2D eigenvalue weighted by Gasteiger charge is -2.33. The van der Waals surface area contributed by atoms with Crippen molar-refractivity contribution in [2.75, 3.05) is 38.2 Å². The van der Waals surface area contributed by atoms with E-state index in [-0.39, 0.29) is 37.1 Å². The van der Waals surface area contributed by atoms with Crippen LogP contribution in [0.1, 0.15) is 44.2 Å². The fourth-order valence-electron chi connectivity index (χ4n) is 3.99. The number of carbonyl (C=O) groups excluding carboxylic acids is 2. The third-order valence-corrected chi connectivity index (χ3v) is 5.70. The number of carbonyl (C=O) groups is 2. The summed E-state index contributed by atoms with van der Waals surface area (Å²) in [6.45, 7) is 8.73. The Morgan fingerprint density at radius 3 is 2.66 bits per heavy atom. The van der Waals surface area contributed by atoms with Crippen molar-refractivity contribution in [3.63, 3.8) is 0 Å². The zero-order valence-electron chi connectivity index (χ0n) is 19.2. The van der Waals surface area contributed by atoms with E-state index in [2.05, 4.69) is 15.5 Å². The number of piperidine rings is 1. The zero-order valence-corrected chi connectivity index (χ0v) is 20.0. The second kappa shape index (κ2) is 12.3. The SMILES string of the molecule is Cc1ccc(OCC(O)CN2CCC(NC(=O)OCC(C)C)CC2)c2c1NC(=O)CC2.Cl. The minimum Gasteiger partial charge on any atom is -0.490 e. The van der Waals surface area contributed by atoms with Gasteiger partial charge in [-0.1, -0.05) is 19.9 Å². The maximum atomic E-state index is 11.8. The topological polar surface area (TPSA) is 100 Å². The molecule has 2 amide bonds. The normalized spacial score (nSPS) is 17.7. The molecule has 0 aromatic heterocycles. The second-order valence-corrected chi connectivity index (χ2v) is 8.96. The molecule has 3 N–H and O–H groups in total. The first kappa shape index (κ1) is 26.2. The molecule has 1 aromatic rings. The largest absolute Gasteiger partial charge is 0.490 e. The van der Waals surface area contributed by atoms with Gasteiger partial charge in [0.25, 0.3) is 0 Å². The molecule has 3 rings (SSSR count). The van der Waals surface area contributed by atoms with Crippen molar-refractivity contribution in [3.8, 4) is 5.75 Å². The van der Waals surface area contributed by atoms with E-state index in [1.54, 1.807) is 0 Å². The van der Waals surface area contributed by atoms with Crippen LogP contribution in [0.25, 0.3) is 0 Å². The predicted octanol–water partition coefficient (Wildman–Crippen LogP) is 2.89. The van der Waals surface area contributed by atoms with Crippen LogP contribution in [0.3, 0.4) is 0 Å². The minimum atomic E-state index is -0.615. The molecule has 0 saturated carbocycles. The van der Waals surface area contributed by atoms with E-state index in [0.717, 1.165) is 48.5 Å². The Morgan fingerprint density at radius 2 is 1.97 bits per heavy atom. The number of aryl methyl sites for hydroxylation is 1. The molecule has 1 atom stereocenters. The predicted molar refractivity (Wildman–Crippen MR) is 126 cm³/mol. The highest BCUT2D eigenvalue weighted by atomic mass is 35.5. The first-order chi connectivity index (χ1) is 14.8. The molecule has 2 heterocycles. The van der Waals surface area contributed by atoms with Gasteiger partial charge >= 0.3 is 6.09 Å². The molecule has 1 aromatic carbocycles. The molecule has 1 unspecified atom stereocenters. The van der Waals surface area contributed by atoms with E-state index in [1.807, 2.05) is 32.9 Å². The highest BCUT2D eigenvalue weighted by molar-refractivity contribution is 5.95. The number of likely N-dealkylation sites (tertiary alicyclic amines) is 1. The lowest BCUT2D eigenvalue weighted by atomic mass is 9.98. The molecule has 1 fully saturated rings. The van der Waals surface area contributed by atoms with Gasteiger partial charge in [-0.2, -0.15) is 0 Å². The number of benzene rings is 1. The van der Waals surface area contributed by atoms with E-state index >= 15 is 0 Å². The van der Waals surface area contributed by atoms with E-state index in [9.17, 15) is 14.7 Å². The molecule has 0 radical (unpaired) electrons. The number of β-amino-alcohol motifs (C(OH)–C–C–N with tert-alkyl or cyclic N) is 1. The van der Waals surface area contributed by atoms with Gasteiger partial charge in [-0.05, 0) is 43.7 Å². The molecule has 180 valence electrons. The fourth-order valence-corrected chi connectivity index (χ4v) is 3.99. The summed E-state index contributed by atoms with van der Waals surface area (Å²) in [7, 11) is 0. The second-order valence-electron chi connectivity index (χ2n) is 8.96. The summed E-state index contributed by atoms with van der Waals surface area (Å²) in [5.41, 5.74) is 2.85. The number of alkyl carbamates (subject to hydrolysis) is 1. The van der Waals surface area contributed by atoms with Crippen molar-refractivity contribution in [1.82, 2.24) is 10.2 Å². The number of nitrogens with one attached hydrogen (secondary N) is 2. The van der Waals surface area contributed by atoms with E-state index in [1.165, 1.54) is 0 Å². The first-order valence-electron chi connectivity index (χ1n) is 11.2. The summed E-state index contributed by atoms with van der Waals surface area (Å²) in [6, 6.07) is 3.95. The number of nitrogens with zero attached hydrogens (tertiary/aromatic N) is 1. The molecule has 1 saturated heterocycles. The summed E-state index contributed by atoms with van der Waals surface area (Å²) < 4.78 is 11.1. The summed E-state index contributed by atoms with van der Waals surface area (Å²) in [6.07, 6.45) is 1.79. The number of amides is 2. The third kappa shape index (κ3) is 7.53. The highest BCUT2D eigenvalue weighted by Gasteiger charge is 2.24. The van der Waals surface area contributed by atoms with Crippen LogP contribution in [0.5, 0.6) is 5.75 Å². The van der Waals surface area contributed by atoms with Crippen LogP contribution in [0.2, 0.25) is 0 Å². The van der Waals surface area contributed by atoms with Crippen LogP contribution in [0.4, 0.5) is 10.5 Å². The van der Waals surface area contributed by atoms with Gasteiger partial charge in [-0.25, -0.2) is 4.79 Å². The van der Waals surface area contributed by atoms with Crippen LogP contribution in [0, 0.1) is 12.8 Å². The Hall–Kier alpha value is -2.03. The van der Waals surface area contributed by atoms with Gasteiger partial charge in [-0.15, -0.1) is 12.4 Å². The Kier molecular flexibility index (Phi) is 10.1. The average molecular weight is 470 g/mol. The maximum Gasteiger partial charge on any atom is 0.407 e. The molecule has 0 spiro atoms. The number of fused-ring (bicyclic) bond motifs is 1. The van der Waals surface area contributed by atoms with Crippen LogP contribution in [-0.2, 0) is 16.0 Å². The molecule has 9 heteroatoms. The summed E-state index contributed by atoms with van der Waals surface area (Å²) in [5.74, 6) is 1.07. The standard InChI is InChI=1S/C23H35N3O5.ClH/c1-15(2)13-31-23(29)24-17-8-10-26(11-9-17)12-18(27)14-30-20-6-4-16(3)22-19(20)5-7-21(28)25-22;/h4,6,15,17-18,27H,5,7-14H2,1-3H3,(H,24,29)(H,25,28);1H. The van der Waals surface area contributed by atoms with Gasteiger partial charge in [0.1, 0.15) is 18.5 Å². The van der Waals surface area contributed by atoms with Gasteiger partial charge in [0.15, 0.2) is 0 Å².